The van der Waals surface area contributed by atoms with Crippen LogP contribution in [0.1, 0.15) is 18.7 Å². The predicted octanol–water partition coefficient (Wildman–Crippen LogP) is 2.21. The van der Waals surface area contributed by atoms with Crippen LogP contribution in [-0.4, -0.2) is 63.2 Å². The van der Waals surface area contributed by atoms with Crippen LogP contribution in [0.3, 0.4) is 0 Å². The van der Waals surface area contributed by atoms with E-state index < -0.39 is 5.97 Å². The van der Waals surface area contributed by atoms with Gasteiger partial charge in [0.2, 0.25) is 0 Å². The van der Waals surface area contributed by atoms with Gasteiger partial charge >= 0.3 is 5.97 Å². The summed E-state index contributed by atoms with van der Waals surface area (Å²) >= 11 is 6.05. The number of fused-ring (bicyclic) bond motifs is 1. The number of likely N-dealkylation sites (tertiary alicyclic amines) is 1. The zero-order valence-corrected chi connectivity index (χ0v) is 14.8. The standard InChI is InChI=1S/C17H23ClN4O2/c1-20(11-17(23)24)13-5-7-22(8-6-13)10-16-19-14-9-12(18)3-4-15(14)21(16)2/h3-4,9,13H,5-8,10-11H2,1-2H3,(H,23,24). The molecule has 6 nitrogen and oxygen atoms in total. The van der Waals surface area contributed by atoms with Crippen molar-refractivity contribution < 1.29 is 9.90 Å². The normalized spacial score (nSPS) is 17.0. The number of carboxylic acids is 1. The van der Waals surface area contributed by atoms with Crippen molar-refractivity contribution in [3.8, 4) is 0 Å². The minimum Gasteiger partial charge on any atom is -0.480 e. The van der Waals surface area contributed by atoms with Gasteiger partial charge in [0.25, 0.3) is 0 Å². The molecule has 7 heteroatoms. The van der Waals surface area contributed by atoms with E-state index in [2.05, 4.69) is 9.47 Å². The minimum atomic E-state index is -0.765. The quantitative estimate of drug-likeness (QED) is 0.895. The minimum absolute atomic E-state index is 0.107. The molecule has 1 fully saturated rings. The molecule has 0 unspecified atom stereocenters. The highest BCUT2D eigenvalue weighted by molar-refractivity contribution is 6.31. The van der Waals surface area contributed by atoms with Crippen LogP contribution in [0.25, 0.3) is 11.0 Å². The van der Waals surface area contributed by atoms with E-state index >= 15 is 0 Å². The fourth-order valence-corrected chi connectivity index (χ4v) is 3.59. The van der Waals surface area contributed by atoms with Crippen molar-refractivity contribution in [2.24, 2.45) is 7.05 Å². The van der Waals surface area contributed by atoms with Crippen molar-refractivity contribution in [1.82, 2.24) is 19.4 Å². The lowest BCUT2D eigenvalue weighted by Crippen LogP contribution is -2.44. The Labute approximate surface area is 146 Å². The summed E-state index contributed by atoms with van der Waals surface area (Å²) in [4.78, 5) is 19.9. The van der Waals surface area contributed by atoms with Gasteiger partial charge in [-0.3, -0.25) is 14.6 Å². The third kappa shape index (κ3) is 3.71. The number of carbonyl (C=O) groups is 1. The van der Waals surface area contributed by atoms with Crippen LogP contribution in [0.4, 0.5) is 0 Å². The number of aliphatic carboxylic acids is 1. The van der Waals surface area contributed by atoms with Crippen molar-refractivity contribution in [2.45, 2.75) is 25.4 Å². The number of carboxylic acid groups (broad SMARTS) is 1. The van der Waals surface area contributed by atoms with Gasteiger partial charge in [0.15, 0.2) is 0 Å². The number of likely N-dealkylation sites (N-methyl/N-ethyl adjacent to an activating group) is 1. The molecule has 1 N–H and O–H groups in total. The Bertz CT molecular complexity index is 738. The molecular weight excluding hydrogens is 328 g/mol. The molecule has 1 saturated heterocycles. The number of benzene rings is 1. The van der Waals surface area contributed by atoms with Crippen molar-refractivity contribution >= 4 is 28.6 Å². The molecule has 0 bridgehead atoms. The Morgan fingerprint density at radius 1 is 1.42 bits per heavy atom. The Kier molecular flexibility index (Phi) is 5.08. The van der Waals surface area contributed by atoms with Crippen LogP contribution in [0.2, 0.25) is 5.02 Å². The molecule has 1 aromatic heterocycles. The van der Waals surface area contributed by atoms with Gasteiger partial charge in [-0.2, -0.15) is 0 Å². The first-order chi connectivity index (χ1) is 11.4. The van der Waals surface area contributed by atoms with E-state index in [0.29, 0.717) is 11.1 Å². The summed E-state index contributed by atoms with van der Waals surface area (Å²) in [6.45, 7) is 2.82. The Morgan fingerprint density at radius 3 is 2.79 bits per heavy atom. The number of nitrogens with zero attached hydrogens (tertiary/aromatic N) is 4. The SMILES string of the molecule is CN(CC(=O)O)C1CCN(Cc2nc3cc(Cl)ccc3n2C)CC1. The van der Waals surface area contributed by atoms with Gasteiger partial charge in [-0.05, 0) is 38.1 Å². The fraction of sp³-hybridized carbons (Fsp3) is 0.529. The number of imidazole rings is 1. The van der Waals surface area contributed by atoms with Gasteiger partial charge in [0.1, 0.15) is 5.82 Å². The second-order valence-corrected chi connectivity index (χ2v) is 6.97. The monoisotopic (exact) mass is 350 g/mol. The van der Waals surface area contributed by atoms with E-state index in [1.807, 2.05) is 37.2 Å². The molecule has 0 aliphatic carbocycles. The fourth-order valence-electron chi connectivity index (χ4n) is 3.42. The maximum atomic E-state index is 10.8. The van der Waals surface area contributed by atoms with Crippen molar-refractivity contribution in [1.29, 1.82) is 0 Å². The Balaban J connectivity index is 1.62. The highest BCUT2D eigenvalue weighted by atomic mass is 35.5. The number of hydrogen-bond donors (Lipinski definition) is 1. The number of hydrogen-bond acceptors (Lipinski definition) is 4. The van der Waals surface area contributed by atoms with Crippen LogP contribution in [-0.2, 0) is 18.4 Å². The predicted molar refractivity (Wildman–Crippen MR) is 94.3 cm³/mol. The van der Waals surface area contributed by atoms with Gasteiger partial charge in [0, 0.05) is 31.2 Å². The molecule has 130 valence electrons. The van der Waals surface area contributed by atoms with E-state index in [9.17, 15) is 4.79 Å². The third-order valence-electron chi connectivity index (χ3n) is 4.87. The molecular formula is C17H23ClN4O2. The summed E-state index contributed by atoms with van der Waals surface area (Å²) in [5.74, 6) is 0.267. The second kappa shape index (κ2) is 7.09. The Hall–Kier alpha value is -1.63. The molecule has 0 spiro atoms. The second-order valence-electron chi connectivity index (χ2n) is 6.54. The summed E-state index contributed by atoms with van der Waals surface area (Å²) in [7, 11) is 3.93. The van der Waals surface area contributed by atoms with Gasteiger partial charge in [-0.25, -0.2) is 4.98 Å². The number of aromatic nitrogens is 2. The molecule has 24 heavy (non-hydrogen) atoms. The first kappa shape index (κ1) is 17.2. The van der Waals surface area contributed by atoms with Crippen LogP contribution in [0.5, 0.6) is 0 Å². The summed E-state index contributed by atoms with van der Waals surface area (Å²) < 4.78 is 2.12. The van der Waals surface area contributed by atoms with Crippen molar-refractivity contribution in [3.05, 3.63) is 29.0 Å². The number of aryl methyl sites for hydroxylation is 1. The topological polar surface area (TPSA) is 61.6 Å². The molecule has 0 atom stereocenters. The molecule has 2 aromatic rings. The van der Waals surface area contributed by atoms with Crippen LogP contribution in [0.15, 0.2) is 18.2 Å². The lowest BCUT2D eigenvalue weighted by atomic mass is 10.0. The zero-order chi connectivity index (χ0) is 17.3. The largest absolute Gasteiger partial charge is 0.480 e. The van der Waals surface area contributed by atoms with E-state index in [4.69, 9.17) is 21.7 Å². The molecule has 3 rings (SSSR count). The molecule has 0 radical (unpaired) electrons. The number of halogens is 1. The summed E-state index contributed by atoms with van der Waals surface area (Å²) in [6.07, 6.45) is 1.97. The lowest BCUT2D eigenvalue weighted by Gasteiger charge is -2.35. The lowest BCUT2D eigenvalue weighted by molar-refractivity contribution is -0.138. The molecule has 0 saturated carbocycles. The maximum Gasteiger partial charge on any atom is 0.317 e. The summed E-state index contributed by atoms with van der Waals surface area (Å²) in [5, 5.41) is 9.61. The molecule has 1 aliphatic rings. The van der Waals surface area contributed by atoms with Crippen LogP contribution in [0, 0.1) is 0 Å². The molecule has 0 amide bonds. The molecule has 2 heterocycles. The average molecular weight is 351 g/mol. The summed E-state index contributed by atoms with van der Waals surface area (Å²) in [5.41, 5.74) is 2.02. The van der Waals surface area contributed by atoms with E-state index in [1.54, 1.807) is 0 Å². The van der Waals surface area contributed by atoms with Gasteiger partial charge in [-0.1, -0.05) is 11.6 Å². The third-order valence-corrected chi connectivity index (χ3v) is 5.10. The molecule has 1 aliphatic heterocycles. The number of rotatable bonds is 5. The maximum absolute atomic E-state index is 10.8. The van der Waals surface area contributed by atoms with E-state index in [-0.39, 0.29) is 6.54 Å². The smallest absolute Gasteiger partial charge is 0.317 e. The highest BCUT2D eigenvalue weighted by Gasteiger charge is 2.24. The highest BCUT2D eigenvalue weighted by Crippen LogP contribution is 2.22. The van der Waals surface area contributed by atoms with Crippen molar-refractivity contribution in [3.63, 3.8) is 0 Å². The average Bonchev–Trinajstić information content (AvgIpc) is 2.82. The first-order valence-corrected chi connectivity index (χ1v) is 8.57. The van der Waals surface area contributed by atoms with E-state index in [0.717, 1.165) is 49.3 Å². The van der Waals surface area contributed by atoms with Gasteiger partial charge in [-0.15, -0.1) is 0 Å². The Morgan fingerprint density at radius 2 is 2.12 bits per heavy atom. The first-order valence-electron chi connectivity index (χ1n) is 8.19. The zero-order valence-electron chi connectivity index (χ0n) is 14.1. The van der Waals surface area contributed by atoms with Gasteiger partial charge in [0.05, 0.1) is 24.1 Å². The van der Waals surface area contributed by atoms with Crippen LogP contribution < -0.4 is 0 Å². The van der Waals surface area contributed by atoms with Gasteiger partial charge < -0.3 is 9.67 Å². The summed E-state index contributed by atoms with van der Waals surface area (Å²) in [6, 6.07) is 6.13. The molecule has 1 aromatic carbocycles. The number of piperidine rings is 1. The van der Waals surface area contributed by atoms with Crippen molar-refractivity contribution in [2.75, 3.05) is 26.7 Å². The van der Waals surface area contributed by atoms with Crippen LogP contribution >= 0.6 is 11.6 Å². The van der Waals surface area contributed by atoms with E-state index in [1.165, 1.54) is 0 Å².